The van der Waals surface area contributed by atoms with Crippen LogP contribution < -0.4 is 14.3 Å². The van der Waals surface area contributed by atoms with Crippen LogP contribution in [0.25, 0.3) is 10.2 Å². The minimum atomic E-state index is -3.69. The number of hydrogen-bond donors (Lipinski definition) is 0. The number of carbonyl (C=O) groups is 1. The summed E-state index contributed by atoms with van der Waals surface area (Å²) in [7, 11) is 1.10. The zero-order valence-corrected chi connectivity index (χ0v) is 22.5. The van der Waals surface area contributed by atoms with Crippen molar-refractivity contribution in [3.05, 3.63) is 46.8 Å². The summed E-state index contributed by atoms with van der Waals surface area (Å²) in [4.78, 5) is 18.6. The number of methoxy groups -OCH3 is 3. The SMILES string of the molecule is COCCn1c(=NC(=O)C2CCCN(S(=O)(=O)c3ccc(C)cc3)C2)sc2c(OC)ccc(OC)c21. The first-order chi connectivity index (χ1) is 17.3. The number of benzene rings is 2. The summed E-state index contributed by atoms with van der Waals surface area (Å²) in [6.45, 7) is 3.27. The number of amides is 1. The Kier molecular flexibility index (Phi) is 8.13. The molecule has 0 bridgehead atoms. The summed E-state index contributed by atoms with van der Waals surface area (Å²) in [5.41, 5.74) is 1.76. The Labute approximate surface area is 215 Å². The highest BCUT2D eigenvalue weighted by atomic mass is 32.2. The van der Waals surface area contributed by atoms with Crippen molar-refractivity contribution in [3.8, 4) is 11.5 Å². The van der Waals surface area contributed by atoms with Gasteiger partial charge in [0.25, 0.3) is 5.91 Å². The number of hydrogen-bond acceptors (Lipinski definition) is 7. The van der Waals surface area contributed by atoms with E-state index in [4.69, 9.17) is 14.2 Å². The molecule has 1 amide bonds. The lowest BCUT2D eigenvalue weighted by atomic mass is 9.99. The molecule has 9 nitrogen and oxygen atoms in total. The molecule has 0 aliphatic carbocycles. The van der Waals surface area contributed by atoms with Gasteiger partial charge >= 0.3 is 0 Å². The van der Waals surface area contributed by atoms with E-state index < -0.39 is 15.9 Å². The first-order valence-corrected chi connectivity index (χ1v) is 13.9. The number of nitrogens with zero attached hydrogens (tertiary/aromatic N) is 3. The smallest absolute Gasteiger partial charge is 0.252 e. The van der Waals surface area contributed by atoms with Crippen LogP contribution in [0.15, 0.2) is 46.3 Å². The Balaban J connectivity index is 1.69. The van der Waals surface area contributed by atoms with Crippen LogP contribution >= 0.6 is 11.3 Å². The van der Waals surface area contributed by atoms with Gasteiger partial charge in [-0.15, -0.1) is 0 Å². The normalized spacial score (nSPS) is 17.4. The van der Waals surface area contributed by atoms with Crippen LogP contribution in [0.2, 0.25) is 0 Å². The second-order valence-electron chi connectivity index (χ2n) is 8.64. The lowest BCUT2D eigenvalue weighted by molar-refractivity contribution is -0.122. The van der Waals surface area contributed by atoms with Crippen molar-refractivity contribution in [2.24, 2.45) is 10.9 Å². The molecule has 11 heteroatoms. The first-order valence-electron chi connectivity index (χ1n) is 11.7. The van der Waals surface area contributed by atoms with E-state index in [0.717, 1.165) is 15.8 Å². The summed E-state index contributed by atoms with van der Waals surface area (Å²) < 4.78 is 46.9. The maximum Gasteiger partial charge on any atom is 0.252 e. The molecule has 2 aromatic carbocycles. The summed E-state index contributed by atoms with van der Waals surface area (Å²) >= 11 is 1.33. The van der Waals surface area contributed by atoms with Gasteiger partial charge in [0.05, 0.1) is 31.6 Å². The van der Waals surface area contributed by atoms with Crippen LogP contribution in [0.4, 0.5) is 0 Å². The van der Waals surface area contributed by atoms with Crippen LogP contribution in [-0.4, -0.2) is 64.2 Å². The van der Waals surface area contributed by atoms with Gasteiger partial charge in [0.2, 0.25) is 10.0 Å². The first kappa shape index (κ1) is 26.3. The third-order valence-electron chi connectivity index (χ3n) is 6.31. The maximum atomic E-state index is 13.3. The number of carbonyl (C=O) groups excluding carboxylic acids is 1. The molecule has 194 valence electrons. The molecule has 0 radical (unpaired) electrons. The number of piperidine rings is 1. The van der Waals surface area contributed by atoms with Crippen LogP contribution in [0.1, 0.15) is 18.4 Å². The van der Waals surface area contributed by atoms with Crippen LogP contribution in [0.5, 0.6) is 11.5 Å². The van der Waals surface area contributed by atoms with Crippen LogP contribution in [-0.2, 0) is 26.1 Å². The van der Waals surface area contributed by atoms with Gasteiger partial charge in [-0.25, -0.2) is 8.42 Å². The predicted molar refractivity (Wildman–Crippen MR) is 138 cm³/mol. The largest absolute Gasteiger partial charge is 0.495 e. The highest BCUT2D eigenvalue weighted by Gasteiger charge is 2.33. The van der Waals surface area contributed by atoms with Gasteiger partial charge < -0.3 is 18.8 Å². The van der Waals surface area contributed by atoms with Crippen LogP contribution in [0.3, 0.4) is 0 Å². The molecule has 1 fully saturated rings. The van der Waals surface area contributed by atoms with Gasteiger partial charge in [-0.05, 0) is 44.0 Å². The Hall–Kier alpha value is -2.73. The minimum Gasteiger partial charge on any atom is -0.495 e. The Bertz CT molecular complexity index is 1410. The van der Waals surface area contributed by atoms with E-state index in [1.165, 1.54) is 15.6 Å². The lowest BCUT2D eigenvalue weighted by Crippen LogP contribution is -2.42. The number of aryl methyl sites for hydroxylation is 1. The summed E-state index contributed by atoms with van der Waals surface area (Å²) in [6, 6.07) is 10.4. The van der Waals surface area contributed by atoms with E-state index in [-0.39, 0.29) is 17.3 Å². The van der Waals surface area contributed by atoms with Crippen molar-refractivity contribution in [1.82, 2.24) is 8.87 Å². The Morgan fingerprint density at radius 2 is 1.78 bits per heavy atom. The topological polar surface area (TPSA) is 99.4 Å². The monoisotopic (exact) mass is 533 g/mol. The van der Waals surface area contributed by atoms with Gasteiger partial charge in [-0.3, -0.25) is 4.79 Å². The lowest BCUT2D eigenvalue weighted by Gasteiger charge is -2.30. The number of thiazole rings is 1. The van der Waals surface area contributed by atoms with Gasteiger partial charge in [-0.1, -0.05) is 29.0 Å². The van der Waals surface area contributed by atoms with Crippen molar-refractivity contribution < 1.29 is 27.4 Å². The maximum absolute atomic E-state index is 13.3. The zero-order chi connectivity index (χ0) is 25.9. The predicted octanol–water partition coefficient (Wildman–Crippen LogP) is 3.20. The molecule has 2 heterocycles. The highest BCUT2D eigenvalue weighted by molar-refractivity contribution is 7.89. The van der Waals surface area contributed by atoms with E-state index in [9.17, 15) is 13.2 Å². The molecule has 0 spiro atoms. The summed E-state index contributed by atoms with van der Waals surface area (Å²) in [6.07, 6.45) is 1.17. The molecule has 1 aliphatic rings. The third kappa shape index (κ3) is 5.19. The van der Waals surface area contributed by atoms with E-state index in [1.54, 1.807) is 45.6 Å². The van der Waals surface area contributed by atoms with E-state index in [2.05, 4.69) is 4.99 Å². The standard InChI is InChI=1S/C25H31N3O6S2/c1-17-7-9-19(10-8-17)36(30,31)27-13-5-6-18(16-27)24(29)26-25-28(14-15-32-2)22-20(33-3)11-12-21(34-4)23(22)35-25/h7-12,18H,5-6,13-16H2,1-4H3. The van der Waals surface area contributed by atoms with E-state index in [0.29, 0.717) is 48.8 Å². The second-order valence-corrected chi connectivity index (χ2v) is 11.6. The van der Waals surface area contributed by atoms with Gasteiger partial charge in [0, 0.05) is 26.7 Å². The molecule has 1 aliphatic heterocycles. The summed E-state index contributed by atoms with van der Waals surface area (Å²) in [5, 5.41) is 0. The zero-order valence-electron chi connectivity index (χ0n) is 20.9. The molecule has 0 saturated carbocycles. The van der Waals surface area contributed by atoms with Crippen molar-refractivity contribution in [3.63, 3.8) is 0 Å². The molecule has 36 heavy (non-hydrogen) atoms. The quantitative estimate of drug-likeness (QED) is 0.441. The molecule has 3 aromatic rings. The molecule has 1 unspecified atom stereocenters. The van der Waals surface area contributed by atoms with E-state index >= 15 is 0 Å². The third-order valence-corrected chi connectivity index (χ3v) is 9.28. The summed E-state index contributed by atoms with van der Waals surface area (Å²) in [5.74, 6) is 0.433. The molecular weight excluding hydrogens is 502 g/mol. The van der Waals surface area contributed by atoms with Crippen LogP contribution in [0, 0.1) is 12.8 Å². The van der Waals surface area contributed by atoms with Gasteiger partial charge in [0.15, 0.2) is 4.80 Å². The van der Waals surface area contributed by atoms with Crippen molar-refractivity contribution in [2.45, 2.75) is 31.2 Å². The fourth-order valence-corrected chi connectivity index (χ4v) is 7.03. The van der Waals surface area contributed by atoms with Crippen molar-refractivity contribution >= 4 is 37.5 Å². The average molecular weight is 534 g/mol. The Morgan fingerprint density at radius 1 is 1.08 bits per heavy atom. The minimum absolute atomic E-state index is 0.105. The molecule has 1 aromatic heterocycles. The number of ether oxygens (including phenoxy) is 3. The second kappa shape index (κ2) is 11.1. The van der Waals surface area contributed by atoms with Crippen molar-refractivity contribution in [1.29, 1.82) is 0 Å². The van der Waals surface area contributed by atoms with Gasteiger partial charge in [0.1, 0.15) is 21.7 Å². The average Bonchev–Trinajstić information content (AvgIpc) is 3.25. The number of sulfonamides is 1. The molecule has 0 N–H and O–H groups in total. The number of aromatic nitrogens is 1. The molecular formula is C25H31N3O6S2. The molecule has 4 rings (SSSR count). The number of fused-ring (bicyclic) bond motifs is 1. The van der Waals surface area contributed by atoms with Crippen molar-refractivity contribution in [2.75, 3.05) is 41.0 Å². The fourth-order valence-electron chi connectivity index (χ4n) is 4.34. The number of rotatable bonds is 8. The molecule has 1 saturated heterocycles. The molecule has 1 atom stereocenters. The fraction of sp³-hybridized carbons (Fsp3) is 0.440. The van der Waals surface area contributed by atoms with E-state index in [1.807, 2.05) is 23.6 Å². The Morgan fingerprint density at radius 3 is 2.44 bits per heavy atom. The highest BCUT2D eigenvalue weighted by Crippen LogP contribution is 2.35. The van der Waals surface area contributed by atoms with Gasteiger partial charge in [-0.2, -0.15) is 9.30 Å².